The first-order valence-corrected chi connectivity index (χ1v) is 11.9. The topological polar surface area (TPSA) is 26.3 Å². The summed E-state index contributed by atoms with van der Waals surface area (Å²) in [6, 6.07) is 0. The molecule has 0 amide bonds. The summed E-state index contributed by atoms with van der Waals surface area (Å²) in [5.74, 6) is 6.49. The van der Waals surface area contributed by atoms with Gasteiger partial charge in [-0.1, -0.05) is 20.8 Å². The average molecular weight is 375 g/mol. The third-order valence-electron chi connectivity index (χ3n) is 9.98. The van der Waals surface area contributed by atoms with Crippen molar-refractivity contribution in [3.05, 3.63) is 0 Å². The van der Waals surface area contributed by atoms with Gasteiger partial charge in [0.15, 0.2) is 0 Å². The van der Waals surface area contributed by atoms with Crippen LogP contribution in [0, 0.1) is 52.3 Å². The van der Waals surface area contributed by atoms with Gasteiger partial charge in [0, 0.05) is 5.41 Å². The zero-order chi connectivity index (χ0) is 19.8. The zero-order valence-corrected chi connectivity index (χ0v) is 18.8. The van der Waals surface area contributed by atoms with Crippen molar-refractivity contribution in [2.24, 2.45) is 52.3 Å². The van der Waals surface area contributed by atoms with Crippen molar-refractivity contribution in [3.63, 3.8) is 0 Å². The van der Waals surface area contributed by atoms with Crippen LogP contribution < -0.4 is 0 Å². The molecule has 7 fully saturated rings. The van der Waals surface area contributed by atoms with E-state index in [2.05, 4.69) is 20.8 Å². The Balaban J connectivity index is 0.000000872. The minimum atomic E-state index is -0.364. The molecule has 7 saturated carbocycles. The molecule has 0 aromatic carbocycles. The van der Waals surface area contributed by atoms with Gasteiger partial charge in [-0.3, -0.25) is 4.79 Å². The third kappa shape index (κ3) is 2.46. The average Bonchev–Trinajstić information content (AvgIpc) is 2.66. The molecule has 154 valence electrons. The monoisotopic (exact) mass is 374 g/mol. The van der Waals surface area contributed by atoms with Gasteiger partial charge in [0.1, 0.15) is 5.60 Å². The van der Waals surface area contributed by atoms with Crippen LogP contribution in [0.4, 0.5) is 0 Å². The van der Waals surface area contributed by atoms with E-state index in [-0.39, 0.29) is 22.4 Å². The molecule has 0 aliphatic heterocycles. The fraction of sp³-hybridized carbons (Fsp3) is 0.960. The van der Waals surface area contributed by atoms with Gasteiger partial charge >= 0.3 is 5.97 Å². The highest BCUT2D eigenvalue weighted by Gasteiger charge is 2.74. The van der Waals surface area contributed by atoms with Crippen LogP contribution in [0.25, 0.3) is 0 Å². The molecule has 7 aliphatic carbocycles. The predicted octanol–water partition coefficient (Wildman–Crippen LogP) is 6.48. The predicted molar refractivity (Wildman–Crippen MR) is 110 cm³/mol. The number of esters is 1. The number of carbonyl (C=O) groups is 1. The number of ether oxygens (including phenoxy) is 1. The zero-order valence-electron chi connectivity index (χ0n) is 18.8. The lowest BCUT2D eigenvalue weighted by molar-refractivity contribution is -0.309. The second kappa shape index (κ2) is 6.23. The summed E-state index contributed by atoms with van der Waals surface area (Å²) in [4.78, 5) is 13.0. The molecular formula is C25H42O2. The molecule has 0 spiro atoms. The van der Waals surface area contributed by atoms with E-state index in [0.29, 0.717) is 0 Å². The molecule has 7 aliphatic rings. The van der Waals surface area contributed by atoms with Crippen molar-refractivity contribution in [1.29, 1.82) is 0 Å². The molecule has 4 atom stereocenters. The van der Waals surface area contributed by atoms with E-state index in [1.54, 1.807) is 0 Å². The van der Waals surface area contributed by atoms with Gasteiger partial charge in [-0.05, 0) is 114 Å². The first-order valence-electron chi connectivity index (χ1n) is 11.9. The van der Waals surface area contributed by atoms with Gasteiger partial charge in [0.05, 0.1) is 5.41 Å². The van der Waals surface area contributed by atoms with Crippen molar-refractivity contribution < 1.29 is 9.53 Å². The fourth-order valence-electron chi connectivity index (χ4n) is 8.70. The fourth-order valence-corrected chi connectivity index (χ4v) is 8.70. The quantitative estimate of drug-likeness (QED) is 0.526. The Labute approximate surface area is 167 Å². The third-order valence-corrected chi connectivity index (χ3v) is 9.98. The smallest absolute Gasteiger partial charge is 0.312 e. The summed E-state index contributed by atoms with van der Waals surface area (Å²) >= 11 is 0. The number of carbonyl (C=O) groups excluding carboxylic acids is 1. The van der Waals surface area contributed by atoms with E-state index >= 15 is 0 Å². The molecule has 0 saturated heterocycles. The van der Waals surface area contributed by atoms with E-state index in [1.165, 1.54) is 38.5 Å². The van der Waals surface area contributed by atoms with Gasteiger partial charge in [0.2, 0.25) is 0 Å². The van der Waals surface area contributed by atoms with Crippen molar-refractivity contribution in [1.82, 2.24) is 0 Å². The SMILES string of the molecule is CC.CCC(C)(C)C(=O)OC(C)(C)C12CC3CC4C5CC(CC41)CC2C5C3. The second-order valence-electron chi connectivity index (χ2n) is 11.5. The van der Waals surface area contributed by atoms with E-state index in [9.17, 15) is 4.79 Å². The summed E-state index contributed by atoms with van der Waals surface area (Å²) in [5, 5.41) is 0. The largest absolute Gasteiger partial charge is 0.459 e. The van der Waals surface area contributed by atoms with E-state index in [4.69, 9.17) is 4.74 Å². The van der Waals surface area contributed by atoms with Gasteiger partial charge < -0.3 is 4.74 Å². The van der Waals surface area contributed by atoms with Crippen molar-refractivity contribution in [2.75, 3.05) is 0 Å². The molecule has 0 aromatic rings. The first kappa shape index (κ1) is 19.8. The molecule has 2 heteroatoms. The summed E-state index contributed by atoms with van der Waals surface area (Å²) in [6.45, 7) is 14.7. The van der Waals surface area contributed by atoms with Gasteiger partial charge in [-0.15, -0.1) is 0 Å². The highest BCUT2D eigenvalue weighted by atomic mass is 16.6. The Morgan fingerprint density at radius 3 is 1.93 bits per heavy atom. The molecule has 8 bridgehead atoms. The minimum absolute atomic E-state index is 0.0268. The second-order valence-corrected chi connectivity index (χ2v) is 11.5. The van der Waals surface area contributed by atoms with Crippen molar-refractivity contribution >= 4 is 5.97 Å². The van der Waals surface area contributed by atoms with Crippen LogP contribution in [0.2, 0.25) is 0 Å². The highest BCUT2D eigenvalue weighted by molar-refractivity contribution is 5.76. The van der Waals surface area contributed by atoms with Gasteiger partial charge in [-0.25, -0.2) is 0 Å². The van der Waals surface area contributed by atoms with Crippen LogP contribution in [0.1, 0.15) is 93.4 Å². The van der Waals surface area contributed by atoms with E-state index in [1.807, 2.05) is 27.7 Å². The molecule has 0 N–H and O–H groups in total. The number of hydrogen-bond donors (Lipinski definition) is 0. The minimum Gasteiger partial charge on any atom is -0.459 e. The molecule has 0 heterocycles. The number of hydrogen-bond acceptors (Lipinski definition) is 2. The first-order chi connectivity index (χ1) is 12.7. The van der Waals surface area contributed by atoms with Crippen molar-refractivity contribution in [2.45, 2.75) is 99.0 Å². The lowest BCUT2D eigenvalue weighted by Gasteiger charge is -2.77. The van der Waals surface area contributed by atoms with Crippen LogP contribution in [0.15, 0.2) is 0 Å². The summed E-state index contributed by atoms with van der Waals surface area (Å²) in [6.07, 6.45) is 9.52. The highest BCUT2D eigenvalue weighted by Crippen LogP contribution is 2.78. The van der Waals surface area contributed by atoms with Crippen LogP contribution >= 0.6 is 0 Å². The maximum atomic E-state index is 13.0. The van der Waals surface area contributed by atoms with Crippen LogP contribution in [-0.2, 0) is 9.53 Å². The Morgan fingerprint density at radius 2 is 1.41 bits per heavy atom. The molecule has 7 rings (SSSR count). The Hall–Kier alpha value is -0.530. The van der Waals surface area contributed by atoms with Crippen molar-refractivity contribution in [3.8, 4) is 0 Å². The molecule has 4 unspecified atom stereocenters. The molecule has 0 aromatic heterocycles. The summed E-state index contributed by atoms with van der Waals surface area (Å²) in [7, 11) is 0. The summed E-state index contributed by atoms with van der Waals surface area (Å²) in [5.41, 5.74) is -0.401. The van der Waals surface area contributed by atoms with Crippen LogP contribution in [0.3, 0.4) is 0 Å². The van der Waals surface area contributed by atoms with Crippen LogP contribution in [-0.4, -0.2) is 11.6 Å². The molecule has 27 heavy (non-hydrogen) atoms. The van der Waals surface area contributed by atoms with E-state index in [0.717, 1.165) is 47.8 Å². The Morgan fingerprint density at radius 1 is 0.889 bits per heavy atom. The van der Waals surface area contributed by atoms with Crippen LogP contribution in [0.5, 0.6) is 0 Å². The normalized spacial score (nSPS) is 46.3. The molecular weight excluding hydrogens is 332 g/mol. The van der Waals surface area contributed by atoms with E-state index < -0.39 is 0 Å². The lowest BCUT2D eigenvalue weighted by atomic mass is 9.28. The molecule has 2 nitrogen and oxygen atoms in total. The van der Waals surface area contributed by atoms with Gasteiger partial charge in [0.25, 0.3) is 0 Å². The maximum absolute atomic E-state index is 13.0. The Bertz CT molecular complexity index is 579. The standard InChI is InChI=1S/C23H36O2.C2H6/c1-6-21(2,3)20(24)25-22(4,5)23-12-14-8-16-15-7-13(10-18(16)23)11-19(23)17(15)9-14;1-2/h13-19H,6-12H2,1-5H3;1-2H3. The lowest BCUT2D eigenvalue weighted by Crippen LogP contribution is -2.73. The molecule has 0 radical (unpaired) electrons. The maximum Gasteiger partial charge on any atom is 0.312 e. The summed E-state index contributed by atoms with van der Waals surface area (Å²) < 4.78 is 6.43. The van der Waals surface area contributed by atoms with Gasteiger partial charge in [-0.2, -0.15) is 0 Å². The number of rotatable bonds is 4. The Kier molecular flexibility index (Phi) is 4.56.